The van der Waals surface area contributed by atoms with Gasteiger partial charge in [0, 0.05) is 30.2 Å². The molecule has 0 aliphatic carbocycles. The summed E-state index contributed by atoms with van der Waals surface area (Å²) in [6.07, 6.45) is 0. The van der Waals surface area contributed by atoms with Crippen molar-refractivity contribution in [1.82, 2.24) is 0 Å². The number of benzene rings is 2. The Morgan fingerprint density at radius 2 is 1.63 bits per heavy atom. The Bertz CT molecular complexity index is 841. The second-order valence-corrected chi connectivity index (χ2v) is 8.29. The number of aryl methyl sites for hydroxylation is 1. The molecule has 6 heteroatoms. The normalized spacial score (nSPS) is 18.9. The van der Waals surface area contributed by atoms with Crippen molar-refractivity contribution in [3.05, 3.63) is 54.1 Å². The summed E-state index contributed by atoms with van der Waals surface area (Å²) in [6, 6.07) is 16.6. The van der Waals surface area contributed by atoms with Gasteiger partial charge in [-0.15, -0.1) is 0 Å². The molecule has 1 amide bonds. The Balaban J connectivity index is 1.29. The summed E-state index contributed by atoms with van der Waals surface area (Å²) in [4.78, 5) is 18.9. The smallest absolute Gasteiger partial charge is 0.282 e. The van der Waals surface area contributed by atoms with E-state index < -0.39 is 0 Å². The van der Waals surface area contributed by atoms with Gasteiger partial charge in [-0.3, -0.25) is 4.79 Å². The molecular weight excluding hydrogens is 376 g/mol. The Kier molecular flexibility index (Phi) is 6.55. The molecule has 2 aromatic rings. The molecule has 4 rings (SSSR count). The van der Waals surface area contributed by atoms with Crippen LogP contribution in [-0.4, -0.2) is 64.4 Å². The van der Waals surface area contributed by atoms with Crippen LogP contribution in [0.2, 0.25) is 0 Å². The average Bonchev–Trinajstić information content (AvgIpc) is 2.80. The fourth-order valence-corrected chi connectivity index (χ4v) is 4.40. The number of para-hydroxylation sites is 1. The lowest BCUT2D eigenvalue weighted by Crippen LogP contribution is -3.19. The Morgan fingerprint density at radius 1 is 0.967 bits per heavy atom. The summed E-state index contributed by atoms with van der Waals surface area (Å²) >= 11 is 0. The summed E-state index contributed by atoms with van der Waals surface area (Å²) in [5.74, 6) is 0.0912. The molecule has 0 spiro atoms. The number of morpholine rings is 1. The summed E-state index contributed by atoms with van der Waals surface area (Å²) in [6.45, 7) is 11.5. The number of anilines is 3. The first-order valence-corrected chi connectivity index (χ1v) is 11.0. The molecule has 0 unspecified atom stereocenters. The van der Waals surface area contributed by atoms with Crippen LogP contribution in [0.25, 0.3) is 0 Å². The predicted molar refractivity (Wildman–Crippen MR) is 122 cm³/mol. The Morgan fingerprint density at radius 3 is 2.30 bits per heavy atom. The number of amides is 1. The van der Waals surface area contributed by atoms with Gasteiger partial charge in [0.15, 0.2) is 6.04 Å². The molecule has 2 N–H and O–H groups in total. The first kappa shape index (κ1) is 20.7. The van der Waals surface area contributed by atoms with E-state index in [4.69, 9.17) is 4.74 Å². The lowest BCUT2D eigenvalue weighted by Gasteiger charge is -2.36. The van der Waals surface area contributed by atoms with Gasteiger partial charge in [0.25, 0.3) is 5.91 Å². The maximum absolute atomic E-state index is 12.8. The van der Waals surface area contributed by atoms with Gasteiger partial charge >= 0.3 is 0 Å². The number of carbonyl (C=O) groups is 1. The number of rotatable bonds is 5. The highest BCUT2D eigenvalue weighted by Gasteiger charge is 2.29. The van der Waals surface area contributed by atoms with Gasteiger partial charge in [-0.25, -0.2) is 0 Å². The number of quaternary nitrogens is 1. The van der Waals surface area contributed by atoms with Crippen LogP contribution in [0.5, 0.6) is 0 Å². The quantitative estimate of drug-likeness (QED) is 0.787. The lowest BCUT2D eigenvalue weighted by atomic mass is 10.1. The van der Waals surface area contributed by atoms with E-state index in [1.807, 2.05) is 19.1 Å². The molecule has 2 fully saturated rings. The number of piperazine rings is 1. The standard InChI is InChI=1S/C24H32N4O2/c1-19-5-3-4-6-23(19)28-13-11-26(12-14-28)20(2)24(29)25-21-7-9-22(10-8-21)27-15-17-30-18-16-27/h3-10,20H,11-18H2,1-2H3,(H,25,29)/p+1/t20-/m1/s1. The third-order valence-electron chi connectivity index (χ3n) is 6.38. The van der Waals surface area contributed by atoms with Gasteiger partial charge < -0.3 is 24.8 Å². The summed E-state index contributed by atoms with van der Waals surface area (Å²) in [5, 5.41) is 3.10. The van der Waals surface area contributed by atoms with Crippen LogP contribution < -0.4 is 20.0 Å². The van der Waals surface area contributed by atoms with E-state index in [9.17, 15) is 4.79 Å². The van der Waals surface area contributed by atoms with Gasteiger partial charge in [0.1, 0.15) is 0 Å². The first-order chi connectivity index (χ1) is 14.6. The van der Waals surface area contributed by atoms with Gasteiger partial charge in [-0.2, -0.15) is 0 Å². The zero-order chi connectivity index (χ0) is 20.9. The van der Waals surface area contributed by atoms with Crippen LogP contribution >= 0.6 is 0 Å². The molecule has 160 valence electrons. The topological polar surface area (TPSA) is 49.2 Å². The van der Waals surface area contributed by atoms with Crippen molar-refractivity contribution in [3.63, 3.8) is 0 Å². The predicted octanol–water partition coefficient (Wildman–Crippen LogP) is 1.56. The van der Waals surface area contributed by atoms with E-state index in [0.29, 0.717) is 0 Å². The molecule has 2 saturated heterocycles. The molecule has 2 aliphatic rings. The highest BCUT2D eigenvalue weighted by molar-refractivity contribution is 5.93. The van der Waals surface area contributed by atoms with Crippen LogP contribution in [0.15, 0.2) is 48.5 Å². The minimum atomic E-state index is -0.0667. The molecule has 30 heavy (non-hydrogen) atoms. The summed E-state index contributed by atoms with van der Waals surface area (Å²) in [5.41, 5.74) is 4.67. The van der Waals surface area contributed by atoms with E-state index in [1.54, 1.807) is 0 Å². The Hall–Kier alpha value is -2.57. The number of carbonyl (C=O) groups excluding carboxylic acids is 1. The van der Waals surface area contributed by atoms with Crippen LogP contribution in [0.4, 0.5) is 17.1 Å². The fraction of sp³-hybridized carbons (Fsp3) is 0.458. The minimum Gasteiger partial charge on any atom is -0.378 e. The van der Waals surface area contributed by atoms with E-state index in [0.717, 1.165) is 58.2 Å². The van der Waals surface area contributed by atoms with Crippen LogP contribution in [-0.2, 0) is 9.53 Å². The molecule has 0 bridgehead atoms. The SMILES string of the molecule is Cc1ccccc1N1CC[NH+]([C@H](C)C(=O)Nc2ccc(N3CCOCC3)cc2)CC1. The first-order valence-electron chi connectivity index (χ1n) is 11.0. The van der Waals surface area contributed by atoms with Crippen molar-refractivity contribution >= 4 is 23.0 Å². The molecule has 0 radical (unpaired) electrons. The number of nitrogens with zero attached hydrogens (tertiary/aromatic N) is 2. The van der Waals surface area contributed by atoms with Crippen molar-refractivity contribution < 1.29 is 14.4 Å². The second-order valence-electron chi connectivity index (χ2n) is 8.29. The number of nitrogens with one attached hydrogen (secondary N) is 2. The second kappa shape index (κ2) is 9.49. The van der Waals surface area contributed by atoms with E-state index in [-0.39, 0.29) is 11.9 Å². The van der Waals surface area contributed by atoms with Gasteiger partial charge in [-0.05, 0) is 49.7 Å². The van der Waals surface area contributed by atoms with E-state index in [2.05, 4.69) is 58.4 Å². The molecular formula is C24H33N4O2+. The largest absolute Gasteiger partial charge is 0.378 e. The average molecular weight is 410 g/mol. The fourth-order valence-electron chi connectivity index (χ4n) is 4.40. The zero-order valence-corrected chi connectivity index (χ0v) is 18.1. The van der Waals surface area contributed by atoms with Gasteiger partial charge in [0.05, 0.1) is 39.4 Å². The highest BCUT2D eigenvalue weighted by atomic mass is 16.5. The summed E-state index contributed by atoms with van der Waals surface area (Å²) < 4.78 is 5.42. The third kappa shape index (κ3) is 4.77. The molecule has 1 atom stereocenters. The monoisotopic (exact) mass is 409 g/mol. The van der Waals surface area contributed by atoms with Gasteiger partial charge in [-0.1, -0.05) is 18.2 Å². The van der Waals surface area contributed by atoms with Crippen molar-refractivity contribution in [3.8, 4) is 0 Å². The lowest BCUT2D eigenvalue weighted by molar-refractivity contribution is -0.914. The van der Waals surface area contributed by atoms with E-state index in [1.165, 1.54) is 21.8 Å². The molecule has 6 nitrogen and oxygen atoms in total. The molecule has 2 heterocycles. The van der Waals surface area contributed by atoms with Crippen molar-refractivity contribution in [2.75, 3.05) is 67.6 Å². The number of ether oxygens (including phenoxy) is 1. The van der Waals surface area contributed by atoms with Crippen LogP contribution in [0.3, 0.4) is 0 Å². The zero-order valence-electron chi connectivity index (χ0n) is 18.1. The molecule has 0 saturated carbocycles. The number of hydrogen-bond acceptors (Lipinski definition) is 4. The van der Waals surface area contributed by atoms with Crippen molar-refractivity contribution in [2.45, 2.75) is 19.9 Å². The summed E-state index contributed by atoms with van der Waals surface area (Å²) in [7, 11) is 0. The van der Waals surface area contributed by atoms with Crippen LogP contribution in [0, 0.1) is 6.92 Å². The number of hydrogen-bond donors (Lipinski definition) is 2. The third-order valence-corrected chi connectivity index (χ3v) is 6.38. The van der Waals surface area contributed by atoms with Crippen LogP contribution in [0.1, 0.15) is 12.5 Å². The Labute approximate surface area is 179 Å². The van der Waals surface area contributed by atoms with Gasteiger partial charge in [0.2, 0.25) is 0 Å². The highest BCUT2D eigenvalue weighted by Crippen LogP contribution is 2.20. The molecule has 0 aromatic heterocycles. The van der Waals surface area contributed by atoms with E-state index >= 15 is 0 Å². The molecule has 2 aliphatic heterocycles. The maximum atomic E-state index is 12.8. The van der Waals surface area contributed by atoms with Crippen molar-refractivity contribution in [2.24, 2.45) is 0 Å². The molecule has 2 aromatic carbocycles. The maximum Gasteiger partial charge on any atom is 0.282 e. The van der Waals surface area contributed by atoms with Crippen molar-refractivity contribution in [1.29, 1.82) is 0 Å². The minimum absolute atomic E-state index is 0.0667.